The minimum atomic E-state index is -4.28. The quantitative estimate of drug-likeness (QED) is 0.841. The summed E-state index contributed by atoms with van der Waals surface area (Å²) in [4.78, 5) is 11.1. The van der Waals surface area contributed by atoms with E-state index in [2.05, 4.69) is 5.32 Å². The fourth-order valence-electron chi connectivity index (χ4n) is 1.68. The van der Waals surface area contributed by atoms with Gasteiger partial charge >= 0.3 is 11.6 Å². The van der Waals surface area contributed by atoms with Crippen LogP contribution in [0.15, 0.2) is 29.2 Å². The summed E-state index contributed by atoms with van der Waals surface area (Å²) in [6, 6.07) is 5.77. The number of hydrogen-bond acceptors (Lipinski definition) is 3. The van der Waals surface area contributed by atoms with Crippen LogP contribution in [0.2, 0.25) is 0 Å². The molecule has 0 unspecified atom stereocenters. The van der Waals surface area contributed by atoms with Crippen molar-refractivity contribution in [3.8, 4) is 0 Å². The lowest BCUT2D eigenvalue weighted by atomic mass is 10.0. The van der Waals surface area contributed by atoms with Crippen molar-refractivity contribution in [1.82, 2.24) is 5.32 Å². The van der Waals surface area contributed by atoms with Gasteiger partial charge in [0, 0.05) is 11.3 Å². The third-order valence-electron chi connectivity index (χ3n) is 2.45. The first-order valence-corrected chi connectivity index (χ1v) is 6.05. The lowest BCUT2D eigenvalue weighted by molar-refractivity contribution is -0.0328. The van der Waals surface area contributed by atoms with Gasteiger partial charge in [0.15, 0.2) is 0 Å². The smallest absolute Gasteiger partial charge is 0.446 e. The lowest BCUT2D eigenvalue weighted by Gasteiger charge is -2.23. The molecule has 0 aliphatic carbocycles. The van der Waals surface area contributed by atoms with Gasteiger partial charge in [0.05, 0.1) is 12.6 Å². The fourth-order valence-corrected chi connectivity index (χ4v) is 2.22. The Hall–Kier alpha value is -1.37. The molecule has 1 fully saturated rings. The highest BCUT2D eigenvalue weighted by Gasteiger charge is 2.29. The first kappa shape index (κ1) is 13.1. The zero-order chi connectivity index (χ0) is 13.2. The molecule has 1 atom stereocenters. The van der Waals surface area contributed by atoms with Gasteiger partial charge in [-0.15, -0.1) is 0 Å². The standard InChI is InChI=1S/C11H10F3NO2S/c12-11(13,14)18-8-3-1-7(2-4-8)9-5-6-17-10(16)15-9/h1-4,9H,5-6H2,(H,15,16)/t9-/m0/s1. The Bertz CT molecular complexity index is 433. The van der Waals surface area contributed by atoms with E-state index in [1.54, 1.807) is 12.1 Å². The number of nitrogens with one attached hydrogen (secondary N) is 1. The molecule has 0 radical (unpaired) electrons. The van der Waals surface area contributed by atoms with Crippen LogP contribution < -0.4 is 5.32 Å². The number of halogens is 3. The molecule has 0 spiro atoms. The molecule has 1 saturated heterocycles. The van der Waals surface area contributed by atoms with Crippen molar-refractivity contribution in [2.45, 2.75) is 22.9 Å². The highest BCUT2D eigenvalue weighted by molar-refractivity contribution is 8.00. The maximum Gasteiger partial charge on any atom is 0.446 e. The molecule has 1 amide bonds. The van der Waals surface area contributed by atoms with Gasteiger partial charge in [-0.2, -0.15) is 13.2 Å². The molecule has 1 aromatic carbocycles. The molecule has 0 saturated carbocycles. The molecule has 1 N–H and O–H groups in total. The minimum Gasteiger partial charge on any atom is -0.449 e. The number of rotatable bonds is 2. The molecule has 98 valence electrons. The Morgan fingerprint density at radius 3 is 2.50 bits per heavy atom. The van der Waals surface area contributed by atoms with Crippen LogP contribution in [0, 0.1) is 0 Å². The molecule has 1 heterocycles. The Balaban J connectivity index is 2.05. The van der Waals surface area contributed by atoms with Gasteiger partial charge in [0.2, 0.25) is 0 Å². The summed E-state index contributed by atoms with van der Waals surface area (Å²) < 4.78 is 41.1. The Kier molecular flexibility index (Phi) is 3.70. The summed E-state index contributed by atoms with van der Waals surface area (Å²) in [7, 11) is 0. The molecule has 1 aliphatic heterocycles. The second kappa shape index (κ2) is 5.09. The number of hydrogen-bond donors (Lipinski definition) is 1. The van der Waals surface area contributed by atoms with E-state index in [1.807, 2.05) is 0 Å². The molecule has 2 rings (SSSR count). The van der Waals surface area contributed by atoms with E-state index in [0.717, 1.165) is 5.56 Å². The van der Waals surface area contributed by atoms with Crippen LogP contribution in [0.5, 0.6) is 0 Å². The molecule has 0 aromatic heterocycles. The first-order valence-electron chi connectivity index (χ1n) is 5.23. The van der Waals surface area contributed by atoms with E-state index in [0.29, 0.717) is 13.0 Å². The maximum absolute atomic E-state index is 12.1. The van der Waals surface area contributed by atoms with Crippen molar-refractivity contribution in [3.05, 3.63) is 29.8 Å². The van der Waals surface area contributed by atoms with Crippen LogP contribution in [-0.2, 0) is 4.74 Å². The summed E-state index contributed by atoms with van der Waals surface area (Å²) in [5.74, 6) is 0. The second-order valence-electron chi connectivity index (χ2n) is 3.74. The van der Waals surface area contributed by atoms with E-state index in [-0.39, 0.29) is 22.7 Å². The normalized spacial score (nSPS) is 20.2. The second-order valence-corrected chi connectivity index (χ2v) is 4.88. The topological polar surface area (TPSA) is 38.3 Å². The summed E-state index contributed by atoms with van der Waals surface area (Å²) in [5, 5.41) is 2.61. The van der Waals surface area contributed by atoms with E-state index < -0.39 is 11.6 Å². The van der Waals surface area contributed by atoms with Crippen LogP contribution in [0.25, 0.3) is 0 Å². The van der Waals surface area contributed by atoms with E-state index >= 15 is 0 Å². The third kappa shape index (κ3) is 3.56. The number of carbonyl (C=O) groups excluding carboxylic acids is 1. The van der Waals surface area contributed by atoms with Crippen molar-refractivity contribution < 1.29 is 22.7 Å². The van der Waals surface area contributed by atoms with Crippen LogP contribution in [0.1, 0.15) is 18.0 Å². The van der Waals surface area contributed by atoms with Crippen LogP contribution >= 0.6 is 11.8 Å². The number of cyclic esters (lactones) is 1. The van der Waals surface area contributed by atoms with Gasteiger partial charge in [-0.25, -0.2) is 4.79 Å². The van der Waals surface area contributed by atoms with Crippen molar-refractivity contribution >= 4 is 17.9 Å². The van der Waals surface area contributed by atoms with Crippen LogP contribution in [0.4, 0.5) is 18.0 Å². The Morgan fingerprint density at radius 1 is 1.28 bits per heavy atom. The number of alkyl halides is 3. The highest BCUT2D eigenvalue weighted by Crippen LogP contribution is 2.37. The molecule has 18 heavy (non-hydrogen) atoms. The minimum absolute atomic E-state index is 0.129. The van der Waals surface area contributed by atoms with Crippen molar-refractivity contribution in [2.24, 2.45) is 0 Å². The molecule has 7 heteroatoms. The van der Waals surface area contributed by atoms with Crippen LogP contribution in [-0.4, -0.2) is 18.2 Å². The summed E-state index contributed by atoms with van der Waals surface area (Å²) in [6.07, 6.45) is 0.109. The largest absolute Gasteiger partial charge is 0.449 e. The predicted molar refractivity (Wildman–Crippen MR) is 60.2 cm³/mol. The molecular formula is C11H10F3NO2S. The average Bonchev–Trinajstić information content (AvgIpc) is 2.28. The number of alkyl carbamates (subject to hydrolysis) is 1. The van der Waals surface area contributed by atoms with Crippen LogP contribution in [0.3, 0.4) is 0 Å². The highest BCUT2D eigenvalue weighted by atomic mass is 32.2. The number of ether oxygens (including phenoxy) is 1. The summed E-state index contributed by atoms with van der Waals surface area (Å²) in [5.41, 5.74) is -3.51. The molecule has 3 nitrogen and oxygen atoms in total. The zero-order valence-corrected chi connectivity index (χ0v) is 9.98. The van der Waals surface area contributed by atoms with Gasteiger partial charge in [-0.3, -0.25) is 0 Å². The average molecular weight is 277 g/mol. The SMILES string of the molecule is O=C1N[C@H](c2ccc(SC(F)(F)F)cc2)CCO1. The van der Waals surface area contributed by atoms with E-state index in [4.69, 9.17) is 4.74 Å². The molecule has 1 aromatic rings. The van der Waals surface area contributed by atoms with Gasteiger partial charge < -0.3 is 10.1 Å². The fraction of sp³-hybridized carbons (Fsp3) is 0.364. The Morgan fingerprint density at radius 2 is 1.94 bits per heavy atom. The van der Waals surface area contributed by atoms with Gasteiger partial charge in [-0.1, -0.05) is 12.1 Å². The van der Waals surface area contributed by atoms with Gasteiger partial charge in [0.25, 0.3) is 0 Å². The zero-order valence-electron chi connectivity index (χ0n) is 9.16. The van der Waals surface area contributed by atoms with Crippen molar-refractivity contribution in [3.63, 3.8) is 0 Å². The van der Waals surface area contributed by atoms with Gasteiger partial charge in [-0.05, 0) is 29.5 Å². The van der Waals surface area contributed by atoms with E-state index in [1.165, 1.54) is 12.1 Å². The monoisotopic (exact) mass is 277 g/mol. The summed E-state index contributed by atoms with van der Waals surface area (Å²) >= 11 is -0.155. The molecule has 1 aliphatic rings. The molecule has 0 bridgehead atoms. The number of thioether (sulfide) groups is 1. The first-order chi connectivity index (χ1) is 8.44. The predicted octanol–water partition coefficient (Wildman–Crippen LogP) is 3.47. The van der Waals surface area contributed by atoms with Crippen molar-refractivity contribution in [1.29, 1.82) is 0 Å². The van der Waals surface area contributed by atoms with Crippen molar-refractivity contribution in [2.75, 3.05) is 6.61 Å². The number of benzene rings is 1. The number of amides is 1. The third-order valence-corrected chi connectivity index (χ3v) is 3.19. The van der Waals surface area contributed by atoms with E-state index in [9.17, 15) is 18.0 Å². The van der Waals surface area contributed by atoms with Gasteiger partial charge in [0.1, 0.15) is 0 Å². The Labute approximate surface area is 106 Å². The summed E-state index contributed by atoms with van der Waals surface area (Å²) in [6.45, 7) is 0.315. The number of carbonyl (C=O) groups is 1. The maximum atomic E-state index is 12.1. The lowest BCUT2D eigenvalue weighted by Crippen LogP contribution is -2.35. The molecular weight excluding hydrogens is 267 g/mol.